The number of aromatic amines is 2. The van der Waals surface area contributed by atoms with Crippen LogP contribution in [0.4, 0.5) is 19.0 Å². The standard InChI is InChI=1S/C47H56F3N9O2S/c1-29-23-35-32-11-7-8-12-38(32)54-42(35)43(59(29)28-46(3,4)50)41-36(48)24-31(25-37(41)49)61-22-10-6-9-19-57-20-21-58(30(2)27-57)40-26-39(47(15-16-47)62(5,51)60)55-45(56-40)34-14-18-53-44-33(34)13-17-52-44/h7-8,11-14,17-18,24-26,29-30,43,51,54H,6,9-10,15-16,19-23,27-28H2,1-5H3,(H,52,53)/t29-,30-,43-,62?/m1/s1. The molecule has 0 bridgehead atoms. The molecule has 4 aromatic heterocycles. The summed E-state index contributed by atoms with van der Waals surface area (Å²) in [6, 6.07) is 15.4. The molecule has 3 N–H and O–H groups in total. The first-order valence-corrected chi connectivity index (χ1v) is 23.8. The summed E-state index contributed by atoms with van der Waals surface area (Å²) in [4.78, 5) is 27.7. The molecule has 0 radical (unpaired) electrons. The highest BCUT2D eigenvalue weighted by atomic mass is 32.2. The van der Waals surface area contributed by atoms with Gasteiger partial charge in [0.2, 0.25) is 0 Å². The number of anilines is 1. The van der Waals surface area contributed by atoms with Crippen LogP contribution in [0.5, 0.6) is 5.75 Å². The Bertz CT molecular complexity index is 2700. The number of fused-ring (bicyclic) bond motifs is 4. The minimum atomic E-state index is -2.90. The summed E-state index contributed by atoms with van der Waals surface area (Å²) >= 11 is 0. The monoisotopic (exact) mass is 867 g/mol. The summed E-state index contributed by atoms with van der Waals surface area (Å²) in [6.45, 7) is 10.8. The van der Waals surface area contributed by atoms with E-state index in [4.69, 9.17) is 19.5 Å². The van der Waals surface area contributed by atoms with Crippen molar-refractivity contribution in [3.63, 3.8) is 0 Å². The summed E-state index contributed by atoms with van der Waals surface area (Å²) in [6.07, 6.45) is 9.63. The summed E-state index contributed by atoms with van der Waals surface area (Å²) in [5.41, 5.74) is 3.18. The number of piperazine rings is 1. The van der Waals surface area contributed by atoms with E-state index in [0.29, 0.717) is 43.1 Å². The number of para-hydroxylation sites is 1. The SMILES string of the molecule is C[C@@H]1CN(CCCCCOc2cc(F)c([C@@H]3c4[nH]c5ccccc5c4C[C@@H](C)N3CC(C)(C)F)c(F)c2)CCN1c1cc(C2(S(C)(=N)=O)CC2)nc(-c2ccnc3[nH]ccc23)n1. The van der Waals surface area contributed by atoms with Gasteiger partial charge in [-0.25, -0.2) is 32.3 Å². The number of hydrogen-bond acceptors (Lipinski definition) is 9. The molecule has 2 aliphatic heterocycles. The molecule has 15 heteroatoms. The van der Waals surface area contributed by atoms with Crippen LogP contribution in [-0.4, -0.2) is 102 Å². The molecular weight excluding hydrogens is 812 g/mol. The van der Waals surface area contributed by atoms with Crippen LogP contribution in [0.1, 0.15) is 88.4 Å². The lowest BCUT2D eigenvalue weighted by atomic mass is 9.87. The molecule has 1 saturated carbocycles. The predicted octanol–water partition coefficient (Wildman–Crippen LogP) is 9.29. The van der Waals surface area contributed by atoms with E-state index >= 15 is 13.2 Å². The van der Waals surface area contributed by atoms with Crippen molar-refractivity contribution in [3.8, 4) is 17.1 Å². The summed E-state index contributed by atoms with van der Waals surface area (Å²) in [7, 11) is -2.90. The largest absolute Gasteiger partial charge is 0.493 e. The topological polar surface area (TPSA) is 130 Å². The van der Waals surface area contributed by atoms with E-state index in [1.807, 2.05) is 60.5 Å². The van der Waals surface area contributed by atoms with Gasteiger partial charge in [0.1, 0.15) is 34.5 Å². The average molecular weight is 868 g/mol. The van der Waals surface area contributed by atoms with Crippen LogP contribution in [0.3, 0.4) is 0 Å². The average Bonchev–Trinajstić information content (AvgIpc) is 3.78. The van der Waals surface area contributed by atoms with Crippen LogP contribution in [0.25, 0.3) is 33.3 Å². The molecule has 328 valence electrons. The summed E-state index contributed by atoms with van der Waals surface area (Å²) < 4.78 is 74.5. The number of aromatic nitrogens is 5. The Labute approximate surface area is 361 Å². The number of unbranched alkanes of at least 4 members (excludes halogenated alkanes) is 2. The first-order valence-electron chi connectivity index (χ1n) is 21.8. The summed E-state index contributed by atoms with van der Waals surface area (Å²) in [5, 5.41) is 1.93. The van der Waals surface area contributed by atoms with Crippen LogP contribution in [0.2, 0.25) is 0 Å². The molecular formula is C47H56F3N9O2S. The lowest BCUT2D eigenvalue weighted by molar-refractivity contribution is 0.0642. The third-order valence-electron chi connectivity index (χ3n) is 13.1. The van der Waals surface area contributed by atoms with Crippen LogP contribution < -0.4 is 9.64 Å². The summed E-state index contributed by atoms with van der Waals surface area (Å²) in [5.74, 6) is 0.0434. The van der Waals surface area contributed by atoms with E-state index in [1.165, 1.54) is 32.2 Å². The number of benzene rings is 2. The number of rotatable bonds is 14. The molecule has 0 spiro atoms. The molecule has 11 nitrogen and oxygen atoms in total. The number of hydrogen-bond donors (Lipinski definition) is 3. The van der Waals surface area contributed by atoms with Gasteiger partial charge in [-0.2, -0.15) is 0 Å². The van der Waals surface area contributed by atoms with E-state index in [9.17, 15) is 4.21 Å². The molecule has 2 fully saturated rings. The highest BCUT2D eigenvalue weighted by Gasteiger charge is 2.53. The zero-order valence-corrected chi connectivity index (χ0v) is 36.9. The first kappa shape index (κ1) is 42.3. The van der Waals surface area contributed by atoms with E-state index in [-0.39, 0.29) is 29.9 Å². The van der Waals surface area contributed by atoms with Gasteiger partial charge in [0.05, 0.1) is 32.8 Å². The molecule has 3 aliphatic rings. The van der Waals surface area contributed by atoms with Crippen LogP contribution in [-0.2, 0) is 20.9 Å². The molecule has 1 unspecified atom stereocenters. The van der Waals surface area contributed by atoms with Gasteiger partial charge in [-0.15, -0.1) is 0 Å². The lowest BCUT2D eigenvalue weighted by Crippen LogP contribution is -2.52. The fourth-order valence-corrected chi connectivity index (χ4v) is 11.2. The Morgan fingerprint density at radius 3 is 2.48 bits per heavy atom. The van der Waals surface area contributed by atoms with E-state index in [2.05, 4.69) is 31.7 Å². The fraction of sp³-hybridized carbons (Fsp3) is 0.468. The van der Waals surface area contributed by atoms with Gasteiger partial charge in [-0.1, -0.05) is 18.2 Å². The minimum Gasteiger partial charge on any atom is -0.493 e. The number of nitrogens with zero attached hydrogens (tertiary/aromatic N) is 6. The molecule has 9 rings (SSSR count). The van der Waals surface area contributed by atoms with Crippen molar-refractivity contribution < 1.29 is 22.1 Å². The van der Waals surface area contributed by atoms with E-state index in [0.717, 1.165) is 84.3 Å². The second-order valence-electron chi connectivity index (χ2n) is 18.3. The Balaban J connectivity index is 0.822. The zero-order chi connectivity index (χ0) is 43.6. The van der Waals surface area contributed by atoms with Gasteiger partial charge >= 0.3 is 0 Å². The van der Waals surface area contributed by atoms with Crippen LogP contribution in [0, 0.1) is 16.4 Å². The Morgan fingerprint density at radius 1 is 0.984 bits per heavy atom. The number of ether oxygens (including phenoxy) is 1. The maximum Gasteiger partial charge on any atom is 0.162 e. The van der Waals surface area contributed by atoms with Crippen LogP contribution >= 0.6 is 0 Å². The van der Waals surface area contributed by atoms with Crippen molar-refractivity contribution >= 4 is 37.5 Å². The molecule has 1 saturated heterocycles. The number of alkyl halides is 1. The van der Waals surface area contributed by atoms with Gasteiger partial charge in [0, 0.05) is 108 Å². The van der Waals surface area contributed by atoms with Gasteiger partial charge in [-0.05, 0) is 96.5 Å². The highest BCUT2D eigenvalue weighted by Crippen LogP contribution is 2.53. The fourth-order valence-electron chi connectivity index (χ4n) is 9.83. The van der Waals surface area contributed by atoms with E-state index < -0.39 is 37.8 Å². The molecule has 62 heavy (non-hydrogen) atoms. The molecule has 2 aromatic carbocycles. The van der Waals surface area contributed by atoms with Crippen molar-refractivity contribution in [2.75, 3.05) is 50.5 Å². The number of nitrogens with one attached hydrogen (secondary N) is 3. The highest BCUT2D eigenvalue weighted by molar-refractivity contribution is 7.93. The van der Waals surface area contributed by atoms with Crippen molar-refractivity contribution in [1.29, 1.82) is 4.78 Å². The van der Waals surface area contributed by atoms with Gasteiger partial charge in [-0.3, -0.25) is 14.6 Å². The quantitative estimate of drug-likeness (QED) is 0.0925. The molecule has 6 heterocycles. The van der Waals surface area contributed by atoms with Crippen LogP contribution in [0.15, 0.2) is 67.0 Å². The molecule has 1 aliphatic carbocycles. The lowest BCUT2D eigenvalue weighted by Gasteiger charge is -2.43. The maximum atomic E-state index is 16.2. The van der Waals surface area contributed by atoms with Gasteiger partial charge in [0.15, 0.2) is 5.82 Å². The molecule has 4 atom stereocenters. The predicted molar refractivity (Wildman–Crippen MR) is 239 cm³/mol. The Morgan fingerprint density at radius 2 is 1.76 bits per heavy atom. The molecule has 6 aromatic rings. The number of halogens is 3. The third-order valence-corrected chi connectivity index (χ3v) is 15.2. The number of H-pyrrole nitrogens is 2. The second-order valence-corrected chi connectivity index (χ2v) is 20.8. The normalized spacial score (nSPS) is 21.6. The molecule has 0 amide bonds. The first-order chi connectivity index (χ1) is 29.6. The van der Waals surface area contributed by atoms with Crippen molar-refractivity contribution in [2.24, 2.45) is 0 Å². The van der Waals surface area contributed by atoms with Crippen molar-refractivity contribution in [2.45, 2.75) is 94.8 Å². The Kier molecular flexibility index (Phi) is 11.1. The Hall–Kier alpha value is -4.99. The van der Waals surface area contributed by atoms with Gasteiger partial charge in [0.25, 0.3) is 0 Å². The maximum absolute atomic E-state index is 16.2. The van der Waals surface area contributed by atoms with E-state index in [1.54, 1.807) is 6.20 Å². The smallest absolute Gasteiger partial charge is 0.162 e. The second kappa shape index (κ2) is 16.3. The third kappa shape index (κ3) is 8.07. The zero-order valence-electron chi connectivity index (χ0n) is 36.1. The van der Waals surface area contributed by atoms with Crippen molar-refractivity contribution in [1.82, 2.24) is 34.7 Å². The van der Waals surface area contributed by atoms with Crippen molar-refractivity contribution in [3.05, 3.63) is 101 Å². The minimum absolute atomic E-state index is 0.0193. The van der Waals surface area contributed by atoms with Gasteiger partial charge < -0.3 is 19.6 Å². The number of pyridine rings is 1.